The van der Waals surface area contributed by atoms with Crippen molar-refractivity contribution < 1.29 is 36.7 Å². The topological polar surface area (TPSA) is 77.4 Å². The van der Waals surface area contributed by atoms with Crippen LogP contribution in [0.3, 0.4) is 0 Å². The smallest absolute Gasteiger partial charge is 0.176 e. The first-order chi connectivity index (χ1) is 6.07. The highest BCUT2D eigenvalue weighted by Crippen LogP contribution is 2.15. The highest BCUT2D eigenvalue weighted by Gasteiger charge is 2.38. The number of hydrogen-bond acceptors (Lipinski definition) is 4. The molecule has 0 heterocycles. The second-order valence-corrected chi connectivity index (χ2v) is 4.58. The Morgan fingerprint density at radius 3 is 1.93 bits per heavy atom. The van der Waals surface area contributed by atoms with Crippen LogP contribution in [0.15, 0.2) is 0 Å². The Balaban J connectivity index is 0. The van der Waals surface area contributed by atoms with Crippen LogP contribution in [-0.2, 0) is 9.59 Å². The monoisotopic (exact) mass is 238 g/mol. The molecular formula is C9H17ClNO4-. The molecule has 6 heteroatoms. The number of rotatable bonds is 5. The first-order valence-electron chi connectivity index (χ1n) is 4.30. The fraction of sp³-hybridized carbons (Fsp3) is 0.778. The Morgan fingerprint density at radius 2 is 1.73 bits per heavy atom. The lowest BCUT2D eigenvalue weighted by Gasteiger charge is -2.34. The van der Waals surface area contributed by atoms with E-state index in [0.717, 1.165) is 0 Å². The summed E-state index contributed by atoms with van der Waals surface area (Å²) < 4.78 is 0.309. The minimum absolute atomic E-state index is 0. The first-order valence-corrected chi connectivity index (χ1v) is 4.30. The molecule has 0 aromatic carbocycles. The van der Waals surface area contributed by atoms with Crippen LogP contribution < -0.4 is 17.5 Å². The Hall–Kier alpha value is -0.650. The summed E-state index contributed by atoms with van der Waals surface area (Å²) in [4.78, 5) is 21.5. The van der Waals surface area contributed by atoms with E-state index >= 15 is 0 Å². The van der Waals surface area contributed by atoms with Gasteiger partial charge >= 0.3 is 0 Å². The molecule has 90 valence electrons. The van der Waals surface area contributed by atoms with Crippen LogP contribution in [0.5, 0.6) is 0 Å². The van der Waals surface area contributed by atoms with E-state index < -0.39 is 23.8 Å². The minimum Gasteiger partial charge on any atom is -1.00 e. The standard InChI is InChI=1S/C9H17NO4.ClH/c1-7(11)9(14,5-8(12)13)6-10(2,3)4;/h14H,5-6H2,1-4H3;1H/p-1. The van der Waals surface area contributed by atoms with Crippen molar-refractivity contribution in [2.24, 2.45) is 0 Å². The van der Waals surface area contributed by atoms with E-state index in [-0.39, 0.29) is 19.0 Å². The van der Waals surface area contributed by atoms with E-state index in [0.29, 0.717) is 4.48 Å². The van der Waals surface area contributed by atoms with Gasteiger partial charge in [-0.15, -0.1) is 0 Å². The second kappa shape index (κ2) is 5.44. The maximum Gasteiger partial charge on any atom is 0.176 e. The average molecular weight is 239 g/mol. The van der Waals surface area contributed by atoms with E-state index in [1.54, 1.807) is 21.1 Å². The molecule has 0 aromatic rings. The number of ketones is 1. The van der Waals surface area contributed by atoms with Crippen LogP contribution in [0.1, 0.15) is 13.3 Å². The summed E-state index contributed by atoms with van der Waals surface area (Å²) in [5, 5.41) is 20.2. The van der Waals surface area contributed by atoms with Crippen molar-refractivity contribution >= 4 is 11.8 Å². The maximum absolute atomic E-state index is 11.1. The molecule has 1 unspecified atom stereocenters. The van der Waals surface area contributed by atoms with Gasteiger partial charge in [0, 0.05) is 12.4 Å². The highest BCUT2D eigenvalue weighted by molar-refractivity contribution is 5.88. The molecular weight excluding hydrogens is 222 g/mol. The number of carboxylic acid groups (broad SMARTS) is 1. The normalized spacial score (nSPS) is 15.0. The Labute approximate surface area is 95.7 Å². The summed E-state index contributed by atoms with van der Waals surface area (Å²) in [5.41, 5.74) is -1.82. The molecule has 0 aliphatic rings. The van der Waals surface area contributed by atoms with Crippen molar-refractivity contribution in [1.82, 2.24) is 0 Å². The number of nitrogens with zero attached hydrogens (tertiary/aromatic N) is 1. The van der Waals surface area contributed by atoms with Crippen molar-refractivity contribution in [2.45, 2.75) is 18.9 Å². The molecule has 15 heavy (non-hydrogen) atoms. The number of hydrogen-bond donors (Lipinski definition) is 1. The van der Waals surface area contributed by atoms with Gasteiger partial charge in [-0.1, -0.05) is 0 Å². The Bertz CT molecular complexity index is 249. The zero-order valence-corrected chi connectivity index (χ0v) is 10.2. The molecule has 5 nitrogen and oxygen atoms in total. The van der Waals surface area contributed by atoms with Gasteiger partial charge < -0.3 is 31.9 Å². The van der Waals surface area contributed by atoms with Crippen LogP contribution in [0.25, 0.3) is 0 Å². The fourth-order valence-corrected chi connectivity index (χ4v) is 1.32. The van der Waals surface area contributed by atoms with E-state index in [9.17, 15) is 19.8 Å². The number of aliphatic hydroxyl groups is 1. The van der Waals surface area contributed by atoms with Crippen LogP contribution >= 0.6 is 0 Å². The minimum atomic E-state index is -1.82. The van der Waals surface area contributed by atoms with Crippen molar-refractivity contribution in [2.75, 3.05) is 27.7 Å². The van der Waals surface area contributed by atoms with Gasteiger partial charge in [0.05, 0.1) is 21.1 Å². The molecule has 0 amide bonds. The Morgan fingerprint density at radius 1 is 1.33 bits per heavy atom. The summed E-state index contributed by atoms with van der Waals surface area (Å²) in [5.74, 6) is -1.97. The van der Waals surface area contributed by atoms with E-state index in [2.05, 4.69) is 0 Å². The fourth-order valence-electron chi connectivity index (χ4n) is 1.32. The lowest BCUT2D eigenvalue weighted by atomic mass is 9.94. The molecule has 0 radical (unpaired) electrons. The molecule has 0 aromatic heterocycles. The number of carbonyl (C=O) groups is 2. The predicted octanol–water partition coefficient (Wildman–Crippen LogP) is -4.84. The number of quaternary nitrogens is 1. The van der Waals surface area contributed by atoms with Crippen molar-refractivity contribution in [3.63, 3.8) is 0 Å². The number of aliphatic carboxylic acids is 1. The molecule has 0 fully saturated rings. The number of Topliss-reactive ketones (excluding diaryl/α,β-unsaturated/α-hetero) is 1. The van der Waals surface area contributed by atoms with Crippen molar-refractivity contribution in [1.29, 1.82) is 0 Å². The zero-order valence-electron chi connectivity index (χ0n) is 9.41. The van der Waals surface area contributed by atoms with Crippen LogP contribution in [-0.4, -0.2) is 54.6 Å². The van der Waals surface area contributed by atoms with Crippen LogP contribution in [0, 0.1) is 0 Å². The molecule has 0 aliphatic carbocycles. The third-order valence-corrected chi connectivity index (χ3v) is 1.83. The number of likely N-dealkylation sites (N-methyl/N-ethyl adjacent to an activating group) is 1. The molecule has 1 N–H and O–H groups in total. The van der Waals surface area contributed by atoms with Gasteiger partial charge in [0.1, 0.15) is 6.54 Å². The van der Waals surface area contributed by atoms with Crippen molar-refractivity contribution in [3.05, 3.63) is 0 Å². The average Bonchev–Trinajstić information content (AvgIpc) is 1.79. The van der Waals surface area contributed by atoms with Crippen LogP contribution in [0.2, 0.25) is 0 Å². The van der Waals surface area contributed by atoms with Gasteiger partial charge in [-0.3, -0.25) is 4.79 Å². The molecule has 0 saturated carbocycles. The largest absolute Gasteiger partial charge is 1.00 e. The maximum atomic E-state index is 11.1. The second-order valence-electron chi connectivity index (χ2n) is 4.58. The number of carboxylic acids is 1. The number of halogens is 1. The van der Waals surface area contributed by atoms with Crippen molar-refractivity contribution in [3.8, 4) is 0 Å². The predicted molar refractivity (Wildman–Crippen MR) is 48.2 cm³/mol. The molecule has 0 rings (SSSR count). The zero-order chi connectivity index (χ0) is 11.6. The molecule has 0 saturated heterocycles. The van der Waals surface area contributed by atoms with Gasteiger partial charge in [-0.2, -0.15) is 0 Å². The highest BCUT2D eigenvalue weighted by atomic mass is 35.5. The van der Waals surface area contributed by atoms with Gasteiger partial charge in [-0.05, 0) is 6.92 Å². The van der Waals surface area contributed by atoms with Gasteiger partial charge in [0.15, 0.2) is 11.4 Å². The van der Waals surface area contributed by atoms with Crippen LogP contribution in [0.4, 0.5) is 0 Å². The SMILES string of the molecule is CC(=O)C(O)(CC(=O)[O-])C[N+](C)(C)C.[Cl-]. The third-order valence-electron chi connectivity index (χ3n) is 1.83. The Kier molecular flexibility index (Phi) is 6.08. The quantitative estimate of drug-likeness (QED) is 0.488. The molecule has 0 aliphatic heterocycles. The summed E-state index contributed by atoms with van der Waals surface area (Å²) >= 11 is 0. The molecule has 1 atom stereocenters. The van der Waals surface area contributed by atoms with E-state index in [1.165, 1.54) is 6.92 Å². The molecule has 0 bridgehead atoms. The van der Waals surface area contributed by atoms with E-state index in [4.69, 9.17) is 0 Å². The summed E-state index contributed by atoms with van der Waals surface area (Å²) in [7, 11) is 5.30. The van der Waals surface area contributed by atoms with Gasteiger partial charge in [-0.25, -0.2) is 0 Å². The third kappa shape index (κ3) is 6.43. The summed E-state index contributed by atoms with van der Waals surface area (Å²) in [6, 6.07) is 0. The summed E-state index contributed by atoms with van der Waals surface area (Å²) in [6.45, 7) is 1.23. The van der Waals surface area contributed by atoms with Gasteiger partial charge in [0.25, 0.3) is 0 Å². The van der Waals surface area contributed by atoms with Gasteiger partial charge in [0.2, 0.25) is 0 Å². The lowest BCUT2D eigenvalue weighted by Crippen LogP contribution is -3.00. The number of carbonyl (C=O) groups excluding carboxylic acids is 2. The first kappa shape index (κ1) is 16.8. The summed E-state index contributed by atoms with van der Waals surface area (Å²) in [6.07, 6.45) is -0.655. The molecule has 0 spiro atoms. The lowest BCUT2D eigenvalue weighted by molar-refractivity contribution is -0.875. The van der Waals surface area contributed by atoms with E-state index in [1.807, 2.05) is 0 Å².